The largest absolute Gasteiger partial charge is 0.488 e. The summed E-state index contributed by atoms with van der Waals surface area (Å²) in [5.41, 5.74) is 2.87. The molecule has 1 aromatic rings. The molecule has 3 heteroatoms. The second-order valence-electron chi connectivity index (χ2n) is 6.03. The molecule has 0 aromatic heterocycles. The van der Waals surface area contributed by atoms with Gasteiger partial charge >= 0.3 is 0 Å². The van der Waals surface area contributed by atoms with Crippen LogP contribution in [0.1, 0.15) is 37.8 Å². The van der Waals surface area contributed by atoms with Gasteiger partial charge in [0.05, 0.1) is 0 Å². The first kappa shape index (κ1) is 15.7. The molecule has 1 aliphatic heterocycles. The normalized spacial score (nSPS) is 17.9. The predicted molar refractivity (Wildman–Crippen MR) is 85.9 cm³/mol. The van der Waals surface area contributed by atoms with Crippen LogP contribution in [-0.2, 0) is 6.42 Å². The molecule has 112 valence electrons. The molecular weight excluding hydrogens is 270 g/mol. The van der Waals surface area contributed by atoms with Gasteiger partial charge in [0.25, 0.3) is 0 Å². The first-order chi connectivity index (χ1) is 9.62. The zero-order chi connectivity index (χ0) is 14.6. The molecule has 0 aliphatic carbocycles. The van der Waals surface area contributed by atoms with Gasteiger partial charge in [-0.2, -0.15) is 0 Å². The molecule has 0 bridgehead atoms. The summed E-state index contributed by atoms with van der Waals surface area (Å²) in [7, 11) is 0. The van der Waals surface area contributed by atoms with Crippen LogP contribution < -0.4 is 10.1 Å². The van der Waals surface area contributed by atoms with E-state index in [0.29, 0.717) is 0 Å². The van der Waals surface area contributed by atoms with Crippen LogP contribution in [0.5, 0.6) is 5.75 Å². The molecular formula is C17H26ClNO. The summed E-state index contributed by atoms with van der Waals surface area (Å²) in [6.45, 7) is 8.44. The van der Waals surface area contributed by atoms with Crippen LogP contribution in [0.3, 0.4) is 0 Å². The van der Waals surface area contributed by atoms with Gasteiger partial charge in [-0.3, -0.25) is 0 Å². The average molecular weight is 296 g/mol. The van der Waals surface area contributed by atoms with Gasteiger partial charge in [0.2, 0.25) is 0 Å². The highest BCUT2D eigenvalue weighted by Crippen LogP contribution is 2.30. The van der Waals surface area contributed by atoms with Gasteiger partial charge in [-0.15, -0.1) is 11.6 Å². The summed E-state index contributed by atoms with van der Waals surface area (Å²) in [5.74, 6) is 1.77. The highest BCUT2D eigenvalue weighted by molar-refractivity contribution is 6.18. The second-order valence-corrected chi connectivity index (χ2v) is 6.29. The Balaban J connectivity index is 1.83. The number of fused-ring (bicyclic) bond motifs is 1. The number of aryl methyl sites for hydroxylation is 1. The third-order valence-corrected chi connectivity index (χ3v) is 5.18. The molecule has 2 rings (SSSR count). The Kier molecular flexibility index (Phi) is 5.34. The Labute approximate surface area is 127 Å². The Bertz CT molecular complexity index is 434. The molecule has 20 heavy (non-hydrogen) atoms. The maximum absolute atomic E-state index is 6.14. The molecule has 0 fully saturated rings. The van der Waals surface area contributed by atoms with Crippen LogP contribution in [0.4, 0.5) is 0 Å². The highest BCUT2D eigenvalue weighted by Gasteiger charge is 2.27. The summed E-state index contributed by atoms with van der Waals surface area (Å²) in [4.78, 5) is 0. The lowest BCUT2D eigenvalue weighted by molar-refractivity contribution is 0.210. The molecule has 0 radical (unpaired) electrons. The van der Waals surface area contributed by atoms with Gasteiger partial charge in [0.1, 0.15) is 11.9 Å². The van der Waals surface area contributed by atoms with E-state index in [1.807, 2.05) is 0 Å². The minimum absolute atomic E-state index is 0.226. The molecule has 1 heterocycles. The van der Waals surface area contributed by atoms with Crippen molar-refractivity contribution in [3.05, 3.63) is 29.3 Å². The number of alkyl halides is 1. The molecule has 0 amide bonds. The number of nitrogens with one attached hydrogen (secondary N) is 1. The van der Waals surface area contributed by atoms with Gasteiger partial charge in [0.15, 0.2) is 0 Å². The minimum Gasteiger partial charge on any atom is -0.488 e. The van der Waals surface area contributed by atoms with E-state index in [4.69, 9.17) is 16.3 Å². The van der Waals surface area contributed by atoms with Crippen molar-refractivity contribution >= 4 is 11.6 Å². The van der Waals surface area contributed by atoms with E-state index in [0.717, 1.165) is 44.0 Å². The second kappa shape index (κ2) is 6.82. The van der Waals surface area contributed by atoms with Crippen molar-refractivity contribution in [3.63, 3.8) is 0 Å². The first-order valence-electron chi connectivity index (χ1n) is 7.65. The van der Waals surface area contributed by atoms with Crippen LogP contribution in [0.25, 0.3) is 0 Å². The van der Waals surface area contributed by atoms with Gasteiger partial charge < -0.3 is 10.1 Å². The maximum Gasteiger partial charge on any atom is 0.123 e. The lowest BCUT2D eigenvalue weighted by Crippen LogP contribution is -2.39. The van der Waals surface area contributed by atoms with Crippen molar-refractivity contribution in [1.82, 2.24) is 5.32 Å². The Morgan fingerprint density at radius 2 is 2.10 bits per heavy atom. The number of rotatable bonds is 7. The molecule has 1 aromatic carbocycles. The predicted octanol–water partition coefficient (Wildman–Crippen LogP) is 3.93. The van der Waals surface area contributed by atoms with Crippen LogP contribution in [0.2, 0.25) is 0 Å². The van der Waals surface area contributed by atoms with Crippen molar-refractivity contribution in [2.75, 3.05) is 19.0 Å². The van der Waals surface area contributed by atoms with Gasteiger partial charge in [0, 0.05) is 25.4 Å². The zero-order valence-electron chi connectivity index (χ0n) is 12.8. The smallest absolute Gasteiger partial charge is 0.123 e. The Morgan fingerprint density at radius 1 is 1.35 bits per heavy atom. The molecule has 0 spiro atoms. The number of hydrogen-bond acceptors (Lipinski definition) is 2. The molecule has 0 saturated heterocycles. The van der Waals surface area contributed by atoms with Crippen molar-refractivity contribution in [2.45, 2.75) is 46.1 Å². The average Bonchev–Trinajstić information content (AvgIpc) is 2.86. The van der Waals surface area contributed by atoms with E-state index in [1.54, 1.807) is 0 Å². The van der Waals surface area contributed by atoms with E-state index in [1.165, 1.54) is 11.1 Å². The third kappa shape index (κ3) is 3.48. The van der Waals surface area contributed by atoms with Crippen LogP contribution in [0, 0.1) is 12.3 Å². The van der Waals surface area contributed by atoms with E-state index in [-0.39, 0.29) is 11.5 Å². The van der Waals surface area contributed by atoms with Crippen LogP contribution >= 0.6 is 11.6 Å². The number of hydrogen-bond donors (Lipinski definition) is 1. The van der Waals surface area contributed by atoms with E-state index in [9.17, 15) is 0 Å². The van der Waals surface area contributed by atoms with E-state index < -0.39 is 0 Å². The summed E-state index contributed by atoms with van der Waals surface area (Å²) < 4.78 is 5.98. The maximum atomic E-state index is 6.14. The monoisotopic (exact) mass is 295 g/mol. The first-order valence-corrected chi connectivity index (χ1v) is 8.19. The molecule has 1 unspecified atom stereocenters. The number of ether oxygens (including phenoxy) is 1. The fraction of sp³-hybridized carbons (Fsp3) is 0.647. The summed E-state index contributed by atoms with van der Waals surface area (Å²) in [5, 5.41) is 3.56. The Hall–Kier alpha value is -0.730. The lowest BCUT2D eigenvalue weighted by atomic mass is 9.84. The summed E-state index contributed by atoms with van der Waals surface area (Å²) in [6, 6.07) is 6.43. The lowest BCUT2D eigenvalue weighted by Gasteiger charge is -2.30. The fourth-order valence-electron chi connectivity index (χ4n) is 2.80. The molecule has 2 nitrogen and oxygen atoms in total. The molecule has 0 saturated carbocycles. The zero-order valence-corrected chi connectivity index (χ0v) is 13.6. The third-order valence-electron chi connectivity index (χ3n) is 4.61. The van der Waals surface area contributed by atoms with E-state index >= 15 is 0 Å². The van der Waals surface area contributed by atoms with Gasteiger partial charge in [-0.25, -0.2) is 0 Å². The van der Waals surface area contributed by atoms with Gasteiger partial charge in [-0.05, 0) is 36.8 Å². The van der Waals surface area contributed by atoms with E-state index in [2.05, 4.69) is 44.3 Å². The van der Waals surface area contributed by atoms with Crippen molar-refractivity contribution in [3.8, 4) is 5.75 Å². The Morgan fingerprint density at radius 3 is 2.75 bits per heavy atom. The standard InChI is InChI=1S/C17H26ClNO/c1-4-17(5-2,11-18)12-19-10-15-9-14-8-13(3)6-7-16(14)20-15/h6-8,15,19H,4-5,9-12H2,1-3H3. The fourth-order valence-corrected chi connectivity index (χ4v) is 3.27. The highest BCUT2D eigenvalue weighted by atomic mass is 35.5. The quantitative estimate of drug-likeness (QED) is 0.770. The summed E-state index contributed by atoms with van der Waals surface area (Å²) >= 11 is 6.14. The molecule has 1 N–H and O–H groups in total. The number of benzene rings is 1. The summed E-state index contributed by atoms with van der Waals surface area (Å²) in [6.07, 6.45) is 3.50. The van der Waals surface area contributed by atoms with Gasteiger partial charge in [-0.1, -0.05) is 31.5 Å². The van der Waals surface area contributed by atoms with Crippen molar-refractivity contribution in [2.24, 2.45) is 5.41 Å². The van der Waals surface area contributed by atoms with Crippen LogP contribution in [0.15, 0.2) is 18.2 Å². The van der Waals surface area contributed by atoms with Crippen molar-refractivity contribution < 1.29 is 4.74 Å². The molecule has 1 aliphatic rings. The molecule has 1 atom stereocenters. The SMILES string of the molecule is CCC(CC)(CCl)CNCC1Cc2cc(C)ccc2O1. The number of halogens is 1. The van der Waals surface area contributed by atoms with Crippen molar-refractivity contribution in [1.29, 1.82) is 0 Å². The minimum atomic E-state index is 0.226. The van der Waals surface area contributed by atoms with Crippen LogP contribution in [-0.4, -0.2) is 25.1 Å². The topological polar surface area (TPSA) is 21.3 Å².